The quantitative estimate of drug-likeness (QED) is 0.892. The molecular weight excluding hydrogens is 270 g/mol. The molecule has 1 N–H and O–H groups in total. The maximum atomic E-state index is 12.6. The van der Waals surface area contributed by atoms with Gasteiger partial charge in [-0.15, -0.1) is 0 Å². The molecular formula is C14H19N5O2. The van der Waals surface area contributed by atoms with Crippen molar-refractivity contribution < 1.29 is 9.53 Å². The normalized spacial score (nSPS) is 18.4. The minimum atomic E-state index is -0.577. The molecule has 0 bridgehead atoms. The van der Waals surface area contributed by atoms with Gasteiger partial charge in [0, 0.05) is 19.5 Å². The Balaban J connectivity index is 2.29. The van der Waals surface area contributed by atoms with E-state index >= 15 is 0 Å². The van der Waals surface area contributed by atoms with Crippen LogP contribution >= 0.6 is 0 Å². The van der Waals surface area contributed by atoms with Crippen molar-refractivity contribution in [2.45, 2.75) is 25.9 Å². The molecule has 1 unspecified atom stereocenters. The third kappa shape index (κ3) is 3.28. The molecule has 1 amide bonds. The molecule has 1 aliphatic rings. The lowest BCUT2D eigenvalue weighted by molar-refractivity contribution is 0.00322. The Kier molecular flexibility index (Phi) is 4.70. The van der Waals surface area contributed by atoms with Crippen LogP contribution in [-0.4, -0.2) is 53.6 Å². The molecule has 112 valence electrons. The third-order valence-electron chi connectivity index (χ3n) is 3.29. The molecule has 21 heavy (non-hydrogen) atoms. The smallest absolute Gasteiger partial charge is 0.274 e. The molecule has 0 spiro atoms. The number of nitriles is 1. The van der Waals surface area contributed by atoms with Gasteiger partial charge in [0.2, 0.25) is 0 Å². The minimum absolute atomic E-state index is 0.138. The number of amides is 1. The molecule has 0 aliphatic carbocycles. The van der Waals surface area contributed by atoms with Gasteiger partial charge in [0.1, 0.15) is 5.82 Å². The van der Waals surface area contributed by atoms with E-state index in [0.29, 0.717) is 30.4 Å². The van der Waals surface area contributed by atoms with Gasteiger partial charge in [0.05, 0.1) is 31.1 Å². The molecule has 1 aromatic rings. The van der Waals surface area contributed by atoms with E-state index in [-0.39, 0.29) is 18.4 Å². The van der Waals surface area contributed by atoms with E-state index in [2.05, 4.69) is 15.3 Å². The highest BCUT2D eigenvalue weighted by Crippen LogP contribution is 2.19. The summed E-state index contributed by atoms with van der Waals surface area (Å²) in [6, 6.07) is 2.03. The number of anilines is 1. The van der Waals surface area contributed by atoms with E-state index in [0.717, 1.165) is 0 Å². The molecule has 1 aliphatic heterocycles. The van der Waals surface area contributed by atoms with Crippen LogP contribution in [0.2, 0.25) is 0 Å². The molecule has 0 aromatic carbocycles. The lowest BCUT2D eigenvalue weighted by Crippen LogP contribution is -2.45. The van der Waals surface area contributed by atoms with Gasteiger partial charge in [0.25, 0.3) is 5.91 Å². The average Bonchev–Trinajstić information content (AvgIpc) is 2.53. The number of nitrogens with zero attached hydrogens (tertiary/aromatic N) is 4. The number of nitrogens with one attached hydrogen (secondary N) is 1. The maximum absolute atomic E-state index is 12.6. The van der Waals surface area contributed by atoms with Crippen molar-refractivity contribution in [3.05, 3.63) is 17.7 Å². The van der Waals surface area contributed by atoms with Gasteiger partial charge < -0.3 is 15.0 Å². The monoisotopic (exact) mass is 289 g/mol. The minimum Gasteiger partial charge on any atom is -0.385 e. The molecule has 7 nitrogen and oxygen atoms in total. The number of ether oxygens (including phenoxy) is 1. The molecule has 1 fully saturated rings. The summed E-state index contributed by atoms with van der Waals surface area (Å²) in [5.74, 6) is 0.564. The summed E-state index contributed by atoms with van der Waals surface area (Å²) in [4.78, 5) is 22.9. The molecule has 0 radical (unpaired) electrons. The van der Waals surface area contributed by atoms with Crippen LogP contribution in [0, 0.1) is 11.3 Å². The predicted octanol–water partition coefficient (Wildman–Crippen LogP) is 1.01. The lowest BCUT2D eigenvalue weighted by atomic mass is 10.2. The highest BCUT2D eigenvalue weighted by atomic mass is 16.5. The highest BCUT2D eigenvalue weighted by molar-refractivity contribution is 5.97. The van der Waals surface area contributed by atoms with Gasteiger partial charge >= 0.3 is 0 Å². The van der Waals surface area contributed by atoms with Gasteiger partial charge in [-0.05, 0) is 0 Å². The Morgan fingerprint density at radius 2 is 2.38 bits per heavy atom. The molecule has 1 aromatic heterocycles. The lowest BCUT2D eigenvalue weighted by Gasteiger charge is -2.30. The second-order valence-corrected chi connectivity index (χ2v) is 5.13. The highest BCUT2D eigenvalue weighted by Gasteiger charge is 2.27. The van der Waals surface area contributed by atoms with Crippen LogP contribution in [-0.2, 0) is 4.74 Å². The van der Waals surface area contributed by atoms with Crippen molar-refractivity contribution in [1.82, 2.24) is 14.9 Å². The summed E-state index contributed by atoms with van der Waals surface area (Å²) in [6.07, 6.45) is 1.05. The van der Waals surface area contributed by atoms with Gasteiger partial charge in [-0.3, -0.25) is 4.79 Å². The van der Waals surface area contributed by atoms with Crippen LogP contribution in [0.1, 0.15) is 36.1 Å². The molecule has 1 saturated heterocycles. The first kappa shape index (κ1) is 15.2. The summed E-state index contributed by atoms with van der Waals surface area (Å²) in [5, 5.41) is 11.9. The van der Waals surface area contributed by atoms with Crippen molar-refractivity contribution in [1.29, 1.82) is 5.26 Å². The van der Waals surface area contributed by atoms with Crippen molar-refractivity contribution in [2.75, 3.05) is 32.1 Å². The van der Waals surface area contributed by atoms with Gasteiger partial charge in [-0.25, -0.2) is 9.97 Å². The van der Waals surface area contributed by atoms with Crippen LogP contribution in [0.5, 0.6) is 0 Å². The number of rotatable bonds is 3. The zero-order chi connectivity index (χ0) is 15.4. The van der Waals surface area contributed by atoms with E-state index in [1.54, 1.807) is 18.1 Å². The van der Waals surface area contributed by atoms with Gasteiger partial charge in [-0.2, -0.15) is 5.26 Å². The molecule has 1 atom stereocenters. The fourth-order valence-corrected chi connectivity index (χ4v) is 2.08. The van der Waals surface area contributed by atoms with Crippen molar-refractivity contribution in [3.63, 3.8) is 0 Å². The molecule has 2 rings (SSSR count). The Hall–Kier alpha value is -2.20. The number of carbonyl (C=O) groups is 1. The first-order valence-corrected chi connectivity index (χ1v) is 6.92. The Bertz CT molecular complexity index is 567. The Morgan fingerprint density at radius 1 is 1.62 bits per heavy atom. The zero-order valence-electron chi connectivity index (χ0n) is 12.5. The zero-order valence-corrected chi connectivity index (χ0v) is 12.5. The van der Waals surface area contributed by atoms with Gasteiger partial charge in [-0.1, -0.05) is 13.8 Å². The summed E-state index contributed by atoms with van der Waals surface area (Å²) >= 11 is 0. The van der Waals surface area contributed by atoms with Gasteiger partial charge in [0.15, 0.2) is 11.8 Å². The van der Waals surface area contributed by atoms with E-state index in [1.165, 1.54) is 0 Å². The second kappa shape index (κ2) is 6.50. The first-order chi connectivity index (χ1) is 10.1. The summed E-state index contributed by atoms with van der Waals surface area (Å²) in [6.45, 7) is 5.04. The van der Waals surface area contributed by atoms with E-state index in [4.69, 9.17) is 10.00 Å². The van der Waals surface area contributed by atoms with Crippen LogP contribution in [0.4, 0.5) is 5.69 Å². The van der Waals surface area contributed by atoms with E-state index < -0.39 is 6.10 Å². The van der Waals surface area contributed by atoms with Crippen LogP contribution in [0.15, 0.2) is 6.20 Å². The van der Waals surface area contributed by atoms with Crippen LogP contribution < -0.4 is 5.32 Å². The number of morpholine rings is 1. The number of hydrogen-bond donors (Lipinski definition) is 1. The SMILES string of the molecule is CNc1cnc(C(C)C)nc1C(=O)N1CCOC(C#N)C1. The molecule has 0 saturated carbocycles. The van der Waals surface area contributed by atoms with Crippen molar-refractivity contribution >= 4 is 11.6 Å². The number of carbonyl (C=O) groups excluding carboxylic acids is 1. The predicted molar refractivity (Wildman–Crippen MR) is 76.9 cm³/mol. The number of hydrogen-bond acceptors (Lipinski definition) is 6. The van der Waals surface area contributed by atoms with Crippen molar-refractivity contribution in [2.24, 2.45) is 0 Å². The largest absolute Gasteiger partial charge is 0.385 e. The molecule has 7 heteroatoms. The summed E-state index contributed by atoms with van der Waals surface area (Å²) < 4.78 is 5.26. The average molecular weight is 289 g/mol. The number of aromatic nitrogens is 2. The fourth-order valence-electron chi connectivity index (χ4n) is 2.08. The second-order valence-electron chi connectivity index (χ2n) is 5.13. The Labute approximate surface area is 123 Å². The maximum Gasteiger partial charge on any atom is 0.274 e. The standard InChI is InChI=1S/C14H19N5O2/c1-9(2)13-17-7-11(16-3)12(18-13)14(20)19-4-5-21-10(6-15)8-19/h7,9-10,16H,4-5,8H2,1-3H3. The van der Waals surface area contributed by atoms with E-state index in [9.17, 15) is 4.79 Å². The van der Waals surface area contributed by atoms with Crippen LogP contribution in [0.3, 0.4) is 0 Å². The van der Waals surface area contributed by atoms with Crippen molar-refractivity contribution in [3.8, 4) is 6.07 Å². The van der Waals surface area contributed by atoms with E-state index in [1.807, 2.05) is 19.9 Å². The Morgan fingerprint density at radius 3 is 3.00 bits per heavy atom. The first-order valence-electron chi connectivity index (χ1n) is 6.92. The topological polar surface area (TPSA) is 91.1 Å². The third-order valence-corrected chi connectivity index (χ3v) is 3.29. The summed E-state index contributed by atoms with van der Waals surface area (Å²) in [5.41, 5.74) is 0.930. The van der Waals surface area contributed by atoms with Crippen LogP contribution in [0.25, 0.3) is 0 Å². The molecule has 2 heterocycles. The summed E-state index contributed by atoms with van der Waals surface area (Å²) in [7, 11) is 1.72. The fraction of sp³-hybridized carbons (Fsp3) is 0.571.